The lowest BCUT2D eigenvalue weighted by Crippen LogP contribution is -1.62. The van der Waals surface area contributed by atoms with Gasteiger partial charge in [-0.2, -0.15) is 0 Å². The molecule has 1 aromatic heterocycles. The first-order valence-corrected chi connectivity index (χ1v) is 11.2. The lowest BCUT2D eigenvalue weighted by molar-refractivity contribution is 1.03. The fourth-order valence-corrected chi connectivity index (χ4v) is 32.0. The summed E-state index contributed by atoms with van der Waals surface area (Å²) in [7, 11) is 0. The van der Waals surface area contributed by atoms with Gasteiger partial charge in [0.05, 0.1) is 0 Å². The first-order valence-electron chi connectivity index (χ1n) is 4.84. The highest BCUT2D eigenvalue weighted by atomic mass is 32.7. The van der Waals surface area contributed by atoms with Gasteiger partial charge in [0.1, 0.15) is 0 Å². The smallest absolute Gasteiger partial charge is 0.000760 e. The quantitative estimate of drug-likeness (QED) is 0.555. The first kappa shape index (κ1) is 11.0. The molecule has 3 heteroatoms. The second-order valence-electron chi connectivity index (χ2n) is 4.24. The summed E-state index contributed by atoms with van der Waals surface area (Å²) in [5.74, 6) is 0. The van der Waals surface area contributed by atoms with Crippen molar-refractivity contribution in [1.82, 2.24) is 0 Å². The minimum absolute atomic E-state index is 0.514. The van der Waals surface area contributed by atoms with Crippen LogP contribution >= 0.6 is 20.7 Å². The van der Waals surface area contributed by atoms with Gasteiger partial charge in [-0.15, -0.1) is 0 Å². The summed E-state index contributed by atoms with van der Waals surface area (Å²) in [6.45, 7) is 16.2. The Morgan fingerprint density at radius 1 is 0.500 bits per heavy atom. The van der Waals surface area contributed by atoms with Crippen molar-refractivity contribution in [3.8, 4) is 0 Å². The summed E-state index contributed by atoms with van der Waals surface area (Å²) in [6.07, 6.45) is 0. The van der Waals surface area contributed by atoms with Gasteiger partial charge in [0.25, 0.3) is 0 Å². The molecule has 0 aliphatic rings. The molecule has 0 unspecified atom stereocenters. The molecule has 1 heterocycles. The van der Waals surface area contributed by atoms with Gasteiger partial charge in [-0.1, -0.05) is 62.2 Å². The van der Waals surface area contributed by atoms with Gasteiger partial charge < -0.3 is 0 Å². The Morgan fingerprint density at radius 2 is 0.667 bits per heavy atom. The third kappa shape index (κ3) is 2.04. The molecule has 0 aliphatic carbocycles. The van der Waals surface area contributed by atoms with Crippen LogP contribution in [0.15, 0.2) is 0 Å². The van der Waals surface area contributed by atoms with Crippen LogP contribution in [0.4, 0.5) is 0 Å². The molecule has 0 radical (unpaired) electrons. The Kier molecular flexibility index (Phi) is 3.62. The van der Waals surface area contributed by atoms with Gasteiger partial charge in [-0.25, -0.2) is 0 Å². The summed E-state index contributed by atoms with van der Waals surface area (Å²) in [6, 6.07) is 0. The SMILES string of the molecule is CC(C)p1p(C(C)C)p1C(C)C. The van der Waals surface area contributed by atoms with Crippen molar-refractivity contribution in [2.75, 3.05) is 0 Å². The topological polar surface area (TPSA) is 0 Å². The molecule has 0 saturated heterocycles. The van der Waals surface area contributed by atoms with Gasteiger partial charge in [0, 0.05) is 0 Å². The third-order valence-electron chi connectivity index (χ3n) is 1.98. The average Bonchev–Trinajstić information content (AvgIpc) is 2.58. The largest absolute Gasteiger partial charge is 0.0731 e. The fourth-order valence-electron chi connectivity index (χ4n) is 1.58. The van der Waals surface area contributed by atoms with Crippen LogP contribution in [0, 0.1) is 0 Å². The summed E-state index contributed by atoms with van der Waals surface area (Å²) < 4.78 is 0. The molecule has 0 N–H and O–H groups in total. The molecular formula is C9H21P3. The van der Waals surface area contributed by atoms with Crippen molar-refractivity contribution in [3.05, 3.63) is 0 Å². The highest BCUT2D eigenvalue weighted by Crippen LogP contribution is 2.97. The van der Waals surface area contributed by atoms with E-state index in [1.165, 1.54) is 0 Å². The highest BCUT2D eigenvalue weighted by molar-refractivity contribution is 8.73. The zero-order valence-corrected chi connectivity index (χ0v) is 11.8. The van der Waals surface area contributed by atoms with Crippen LogP contribution in [0.2, 0.25) is 0 Å². The van der Waals surface area contributed by atoms with E-state index in [9.17, 15) is 0 Å². The molecule has 0 fully saturated rings. The Balaban J connectivity index is 2.83. The van der Waals surface area contributed by atoms with E-state index in [1.54, 1.807) is 0 Å². The lowest BCUT2D eigenvalue weighted by atomic mass is 10.6. The summed E-state index contributed by atoms with van der Waals surface area (Å²) >= 11 is 0. The van der Waals surface area contributed by atoms with E-state index in [2.05, 4.69) is 41.5 Å². The third-order valence-corrected chi connectivity index (χ3v) is 25.1. The minimum atomic E-state index is 0.514. The lowest BCUT2D eigenvalue weighted by Gasteiger charge is -1.97. The van der Waals surface area contributed by atoms with Crippen molar-refractivity contribution >= 4 is 20.7 Å². The molecule has 0 nitrogen and oxygen atoms in total. The monoisotopic (exact) mass is 222 g/mol. The Labute approximate surface area is 79.6 Å². The van der Waals surface area contributed by atoms with Crippen LogP contribution in [0.5, 0.6) is 0 Å². The van der Waals surface area contributed by atoms with E-state index in [-0.39, 0.29) is 0 Å². The van der Waals surface area contributed by atoms with Gasteiger partial charge in [0.2, 0.25) is 0 Å². The van der Waals surface area contributed by atoms with Crippen LogP contribution in [-0.2, 0) is 0 Å². The Hall–Kier alpha value is 0.900. The fraction of sp³-hybridized carbons (Fsp3) is 1.00. The maximum absolute atomic E-state index is 2.44. The second-order valence-corrected chi connectivity index (χ2v) is 19.9. The van der Waals surface area contributed by atoms with Crippen LogP contribution in [0.25, 0.3) is 0 Å². The molecule has 72 valence electrons. The van der Waals surface area contributed by atoms with E-state index >= 15 is 0 Å². The van der Waals surface area contributed by atoms with E-state index in [4.69, 9.17) is 0 Å². The van der Waals surface area contributed by atoms with E-state index < -0.39 is 0 Å². The molecule has 1 rings (SSSR count). The van der Waals surface area contributed by atoms with Crippen molar-refractivity contribution in [2.24, 2.45) is 0 Å². The van der Waals surface area contributed by atoms with E-state index in [0.29, 0.717) is 20.7 Å². The van der Waals surface area contributed by atoms with Gasteiger partial charge in [0.15, 0.2) is 0 Å². The standard InChI is InChI=1S/C9H21P3/c1-7(2)10-11(8(3)4)12(10)9(5)6/h7-9H,1-6H3. The van der Waals surface area contributed by atoms with Gasteiger partial charge in [-0.05, 0) is 17.0 Å². The number of hydrogen-bond donors (Lipinski definition) is 0. The summed E-state index contributed by atoms with van der Waals surface area (Å²) in [5.41, 5.74) is 3.05. The molecule has 1 aromatic rings. The molecule has 0 saturated carbocycles. The van der Waals surface area contributed by atoms with Gasteiger partial charge >= 0.3 is 0 Å². The summed E-state index contributed by atoms with van der Waals surface area (Å²) in [5, 5.41) is 0. The zero-order valence-electron chi connectivity index (χ0n) is 9.07. The normalized spacial score (nSPS) is 17.2. The molecule has 0 spiro atoms. The molecule has 0 amide bonds. The first-order chi connectivity index (χ1) is 5.46. The van der Waals surface area contributed by atoms with E-state index in [1.807, 2.05) is 0 Å². The zero-order chi connectivity index (χ0) is 9.46. The van der Waals surface area contributed by atoms with Crippen molar-refractivity contribution < 1.29 is 0 Å². The Morgan fingerprint density at radius 3 is 0.750 bits per heavy atom. The predicted octanol–water partition coefficient (Wildman–Crippen LogP) is 6.39. The molecule has 0 bridgehead atoms. The van der Waals surface area contributed by atoms with Crippen LogP contribution in [0.3, 0.4) is 0 Å². The van der Waals surface area contributed by atoms with Crippen LogP contribution in [0.1, 0.15) is 58.5 Å². The molecular weight excluding hydrogens is 201 g/mol. The minimum Gasteiger partial charge on any atom is -0.0731 e. The maximum Gasteiger partial charge on any atom is -0.000760 e. The summed E-state index contributed by atoms with van der Waals surface area (Å²) in [4.78, 5) is 0. The van der Waals surface area contributed by atoms with Gasteiger partial charge in [-0.3, -0.25) is 0 Å². The van der Waals surface area contributed by atoms with Crippen molar-refractivity contribution in [2.45, 2.75) is 58.5 Å². The maximum atomic E-state index is 2.44. The van der Waals surface area contributed by atoms with Crippen LogP contribution < -0.4 is 0 Å². The predicted molar refractivity (Wildman–Crippen MR) is 65.7 cm³/mol. The highest BCUT2D eigenvalue weighted by Gasteiger charge is 2.28. The molecule has 0 atom stereocenters. The second kappa shape index (κ2) is 3.96. The van der Waals surface area contributed by atoms with Crippen molar-refractivity contribution in [1.29, 1.82) is 0 Å². The molecule has 0 aromatic carbocycles. The average molecular weight is 222 g/mol. The Bertz CT molecular complexity index is 185. The molecule has 12 heavy (non-hydrogen) atoms. The number of hydrogen-bond acceptors (Lipinski definition) is 0. The van der Waals surface area contributed by atoms with E-state index in [0.717, 1.165) is 17.0 Å². The van der Waals surface area contributed by atoms with Crippen LogP contribution in [-0.4, -0.2) is 0 Å². The van der Waals surface area contributed by atoms with Crippen molar-refractivity contribution in [3.63, 3.8) is 0 Å². The number of rotatable bonds is 3. The molecule has 0 aliphatic heterocycles.